The van der Waals surface area contributed by atoms with Crippen LogP contribution in [0.1, 0.15) is 27.2 Å². The number of amides is 2. The van der Waals surface area contributed by atoms with E-state index in [-0.39, 0.29) is 25.0 Å². The smallest absolute Gasteiger partial charge is 0.420 e. The fourth-order valence-corrected chi connectivity index (χ4v) is 3.68. The molecule has 1 aliphatic heterocycles. The van der Waals surface area contributed by atoms with Gasteiger partial charge in [-0.05, 0) is 44.5 Å². The number of aromatic nitrogens is 1. The fraction of sp³-hybridized carbons (Fsp3) is 0.348. The lowest BCUT2D eigenvalue weighted by Crippen LogP contribution is -2.42. The molecule has 1 aliphatic rings. The number of nitrogens with one attached hydrogen (secondary N) is 1. The van der Waals surface area contributed by atoms with Gasteiger partial charge in [-0.2, -0.15) is 0 Å². The second kappa shape index (κ2) is 7.94. The van der Waals surface area contributed by atoms with E-state index in [0.29, 0.717) is 34.8 Å². The van der Waals surface area contributed by atoms with Crippen LogP contribution in [-0.4, -0.2) is 29.5 Å². The van der Waals surface area contributed by atoms with E-state index in [4.69, 9.17) is 9.15 Å². The molecule has 0 unspecified atom stereocenters. The summed E-state index contributed by atoms with van der Waals surface area (Å²) >= 11 is 0. The van der Waals surface area contributed by atoms with Crippen LogP contribution in [0.4, 0.5) is 11.4 Å². The Labute approximate surface area is 179 Å². The van der Waals surface area contributed by atoms with E-state index >= 15 is 0 Å². The number of benzene rings is 2. The monoisotopic (exact) mass is 423 g/mol. The van der Waals surface area contributed by atoms with E-state index in [1.165, 1.54) is 4.57 Å². The highest BCUT2D eigenvalue weighted by Gasteiger charge is 2.37. The quantitative estimate of drug-likeness (QED) is 0.679. The molecule has 0 spiro atoms. The van der Waals surface area contributed by atoms with Gasteiger partial charge in [0.05, 0.1) is 16.6 Å². The summed E-state index contributed by atoms with van der Waals surface area (Å²) in [6, 6.07) is 12.2. The van der Waals surface area contributed by atoms with E-state index in [1.807, 2.05) is 20.8 Å². The molecular formula is C23H25N3O5. The largest absolute Gasteiger partial charge is 0.490 e. The number of hydrogen-bond donors (Lipinski definition) is 1. The van der Waals surface area contributed by atoms with E-state index in [1.54, 1.807) is 47.4 Å². The molecule has 0 bridgehead atoms. The minimum absolute atomic E-state index is 0.0103. The number of anilines is 2. The summed E-state index contributed by atoms with van der Waals surface area (Å²) in [4.78, 5) is 39.4. The summed E-state index contributed by atoms with van der Waals surface area (Å²) < 4.78 is 12.4. The van der Waals surface area contributed by atoms with Gasteiger partial charge in [-0.25, -0.2) is 4.79 Å². The molecule has 4 rings (SSSR count). The van der Waals surface area contributed by atoms with Crippen LogP contribution in [0.2, 0.25) is 0 Å². The number of rotatable bonds is 5. The van der Waals surface area contributed by atoms with Crippen molar-refractivity contribution in [1.82, 2.24) is 4.57 Å². The van der Waals surface area contributed by atoms with Crippen LogP contribution in [-0.2, 0) is 16.1 Å². The SMILES string of the molecule is CCCN1C(=O)C(C)(C)COc2cc(NC(=O)Cn3c(=O)oc4ccccc43)ccc21. The molecule has 0 fully saturated rings. The Morgan fingerprint density at radius 1 is 1.16 bits per heavy atom. The van der Waals surface area contributed by atoms with Crippen LogP contribution in [0.5, 0.6) is 5.75 Å². The van der Waals surface area contributed by atoms with E-state index < -0.39 is 11.2 Å². The Bertz CT molecular complexity index is 1210. The predicted molar refractivity (Wildman–Crippen MR) is 117 cm³/mol. The summed E-state index contributed by atoms with van der Waals surface area (Å²) in [6.45, 7) is 6.38. The van der Waals surface area contributed by atoms with Crippen molar-refractivity contribution < 1.29 is 18.7 Å². The fourth-order valence-electron chi connectivity index (χ4n) is 3.68. The third-order valence-electron chi connectivity index (χ3n) is 5.27. The number of hydrogen-bond acceptors (Lipinski definition) is 5. The van der Waals surface area contributed by atoms with Crippen molar-refractivity contribution in [1.29, 1.82) is 0 Å². The zero-order chi connectivity index (χ0) is 22.2. The lowest BCUT2D eigenvalue weighted by molar-refractivity contribution is -0.127. The summed E-state index contributed by atoms with van der Waals surface area (Å²) in [7, 11) is 0. The van der Waals surface area contributed by atoms with Gasteiger partial charge in [0.2, 0.25) is 11.8 Å². The molecule has 31 heavy (non-hydrogen) atoms. The Morgan fingerprint density at radius 3 is 2.71 bits per heavy atom. The molecular weight excluding hydrogens is 398 g/mol. The number of para-hydroxylation sites is 2. The van der Waals surface area contributed by atoms with Gasteiger partial charge in [0, 0.05) is 18.3 Å². The molecule has 0 aliphatic carbocycles. The highest BCUT2D eigenvalue weighted by atomic mass is 16.5. The van der Waals surface area contributed by atoms with E-state index in [2.05, 4.69) is 5.32 Å². The van der Waals surface area contributed by atoms with Gasteiger partial charge in [0.25, 0.3) is 0 Å². The van der Waals surface area contributed by atoms with Gasteiger partial charge < -0.3 is 19.4 Å². The number of ether oxygens (including phenoxy) is 1. The summed E-state index contributed by atoms with van der Waals surface area (Å²) in [5.41, 5.74) is 1.55. The Morgan fingerprint density at radius 2 is 1.94 bits per heavy atom. The van der Waals surface area contributed by atoms with Gasteiger partial charge in [-0.3, -0.25) is 14.2 Å². The number of carbonyl (C=O) groups is 2. The lowest BCUT2D eigenvalue weighted by Gasteiger charge is -2.27. The van der Waals surface area contributed by atoms with Gasteiger partial charge in [-0.15, -0.1) is 0 Å². The molecule has 0 saturated heterocycles. The molecule has 0 saturated carbocycles. The van der Waals surface area contributed by atoms with Crippen LogP contribution in [0, 0.1) is 5.41 Å². The first-order valence-corrected chi connectivity index (χ1v) is 10.3. The van der Waals surface area contributed by atoms with Crippen LogP contribution in [0.25, 0.3) is 11.1 Å². The van der Waals surface area contributed by atoms with Crippen molar-refractivity contribution in [3.05, 3.63) is 53.0 Å². The standard InChI is InChI=1S/C23H25N3O5/c1-4-11-25-17-10-9-15(12-19(17)30-14-23(2,3)21(25)28)24-20(27)13-26-16-7-5-6-8-18(16)31-22(26)29/h5-10,12H,4,11,13-14H2,1-3H3,(H,24,27). The molecule has 2 amide bonds. The maximum absolute atomic E-state index is 12.9. The molecule has 3 aromatic rings. The number of oxazole rings is 1. The topological polar surface area (TPSA) is 93.8 Å². The Hall–Kier alpha value is -3.55. The first-order chi connectivity index (χ1) is 14.8. The highest BCUT2D eigenvalue weighted by molar-refractivity contribution is 6.00. The predicted octanol–water partition coefficient (Wildman–Crippen LogP) is 3.39. The van der Waals surface area contributed by atoms with Crippen molar-refractivity contribution in [2.75, 3.05) is 23.4 Å². The summed E-state index contributed by atoms with van der Waals surface area (Å²) in [5, 5.41) is 2.80. The number of carbonyl (C=O) groups excluding carboxylic acids is 2. The van der Waals surface area contributed by atoms with E-state index in [0.717, 1.165) is 6.42 Å². The highest BCUT2D eigenvalue weighted by Crippen LogP contribution is 2.38. The zero-order valence-corrected chi connectivity index (χ0v) is 17.8. The van der Waals surface area contributed by atoms with Gasteiger partial charge in [-0.1, -0.05) is 19.1 Å². The Balaban J connectivity index is 1.57. The molecule has 8 heteroatoms. The average molecular weight is 423 g/mol. The number of nitrogens with zero attached hydrogens (tertiary/aromatic N) is 2. The molecule has 2 aromatic carbocycles. The van der Waals surface area contributed by atoms with E-state index in [9.17, 15) is 14.4 Å². The van der Waals surface area contributed by atoms with Crippen molar-refractivity contribution in [3.8, 4) is 5.75 Å². The van der Waals surface area contributed by atoms with Crippen LogP contribution >= 0.6 is 0 Å². The maximum Gasteiger partial charge on any atom is 0.420 e. The molecule has 162 valence electrons. The second-order valence-electron chi connectivity index (χ2n) is 8.28. The minimum atomic E-state index is -0.652. The summed E-state index contributed by atoms with van der Waals surface area (Å²) in [5.74, 6) is -0.409. The van der Waals surface area contributed by atoms with Gasteiger partial charge in [0.1, 0.15) is 18.9 Å². The molecule has 1 aromatic heterocycles. The third-order valence-corrected chi connectivity index (χ3v) is 5.27. The van der Waals surface area contributed by atoms with Gasteiger partial charge >= 0.3 is 5.76 Å². The van der Waals surface area contributed by atoms with Gasteiger partial charge in [0.15, 0.2) is 5.58 Å². The van der Waals surface area contributed by atoms with Crippen molar-refractivity contribution in [3.63, 3.8) is 0 Å². The van der Waals surface area contributed by atoms with Crippen LogP contribution < -0.4 is 20.7 Å². The van der Waals surface area contributed by atoms with Crippen molar-refractivity contribution in [2.45, 2.75) is 33.7 Å². The normalized spacial score (nSPS) is 15.3. The maximum atomic E-state index is 12.9. The van der Waals surface area contributed by atoms with Crippen molar-refractivity contribution >= 4 is 34.3 Å². The lowest BCUT2D eigenvalue weighted by atomic mass is 9.93. The van der Waals surface area contributed by atoms with Crippen molar-refractivity contribution in [2.24, 2.45) is 5.41 Å². The molecule has 0 atom stereocenters. The molecule has 2 heterocycles. The second-order valence-corrected chi connectivity index (χ2v) is 8.28. The zero-order valence-electron chi connectivity index (χ0n) is 17.8. The van der Waals surface area contributed by atoms with Crippen LogP contribution in [0.3, 0.4) is 0 Å². The minimum Gasteiger partial charge on any atom is -0.490 e. The summed E-state index contributed by atoms with van der Waals surface area (Å²) in [6.07, 6.45) is 0.813. The third kappa shape index (κ3) is 3.93. The first-order valence-electron chi connectivity index (χ1n) is 10.3. The van der Waals surface area contributed by atoms with Crippen LogP contribution in [0.15, 0.2) is 51.7 Å². The molecule has 8 nitrogen and oxygen atoms in total. The Kier molecular flexibility index (Phi) is 5.31. The molecule has 0 radical (unpaired) electrons. The first kappa shape index (κ1) is 20.7. The molecule has 1 N–H and O–H groups in total. The average Bonchev–Trinajstić information content (AvgIpc) is 3.01. The number of fused-ring (bicyclic) bond motifs is 2.